The summed E-state index contributed by atoms with van der Waals surface area (Å²) in [5, 5.41) is 9.54. The lowest BCUT2D eigenvalue weighted by Crippen LogP contribution is -2.32. The molecule has 0 aliphatic carbocycles. The van der Waals surface area contributed by atoms with Crippen molar-refractivity contribution in [3.63, 3.8) is 0 Å². The van der Waals surface area contributed by atoms with E-state index in [1.165, 1.54) is 6.21 Å². The van der Waals surface area contributed by atoms with Crippen molar-refractivity contribution in [3.05, 3.63) is 82.4 Å². The molecular formula is C29H31ClN4O5. The molecule has 3 rings (SSSR count). The molecule has 0 saturated carbocycles. The van der Waals surface area contributed by atoms with Crippen LogP contribution in [0.15, 0.2) is 65.8 Å². The third-order valence-electron chi connectivity index (χ3n) is 5.44. The molecule has 3 amide bonds. The third kappa shape index (κ3) is 9.46. The van der Waals surface area contributed by atoms with Crippen molar-refractivity contribution in [2.24, 2.45) is 5.10 Å². The normalized spacial score (nSPS) is 10.7. The lowest BCUT2D eigenvalue weighted by atomic mass is 10.1. The van der Waals surface area contributed by atoms with Gasteiger partial charge in [-0.15, -0.1) is 0 Å². The van der Waals surface area contributed by atoms with Crippen molar-refractivity contribution < 1.29 is 23.9 Å². The highest BCUT2D eigenvalue weighted by molar-refractivity contribution is 6.39. The summed E-state index contributed by atoms with van der Waals surface area (Å²) in [6.07, 6.45) is 3.25. The van der Waals surface area contributed by atoms with Crippen LogP contribution in [-0.2, 0) is 14.4 Å². The van der Waals surface area contributed by atoms with Crippen molar-refractivity contribution in [3.8, 4) is 11.5 Å². The van der Waals surface area contributed by atoms with Gasteiger partial charge in [-0.25, -0.2) is 5.43 Å². The molecule has 0 fully saturated rings. The Morgan fingerprint density at radius 2 is 1.69 bits per heavy atom. The van der Waals surface area contributed by atoms with Gasteiger partial charge in [0.2, 0.25) is 0 Å². The van der Waals surface area contributed by atoms with Gasteiger partial charge in [-0.05, 0) is 74.4 Å². The molecule has 204 valence electrons. The van der Waals surface area contributed by atoms with E-state index in [0.717, 1.165) is 24.0 Å². The van der Waals surface area contributed by atoms with E-state index in [1.54, 1.807) is 42.5 Å². The SMILES string of the molecule is CCCCOc1ccc(NC(=O)C(=O)N/N=C\c2cc(Cl)ccc2OCC(=O)Nc2ccc(C)cc2C)cc1. The first-order valence-electron chi connectivity index (χ1n) is 12.4. The van der Waals surface area contributed by atoms with Gasteiger partial charge in [0, 0.05) is 22.0 Å². The molecule has 39 heavy (non-hydrogen) atoms. The molecule has 0 unspecified atom stereocenters. The van der Waals surface area contributed by atoms with Crippen LogP contribution in [0.4, 0.5) is 11.4 Å². The predicted molar refractivity (Wildman–Crippen MR) is 153 cm³/mol. The summed E-state index contributed by atoms with van der Waals surface area (Å²) in [7, 11) is 0. The minimum Gasteiger partial charge on any atom is -0.494 e. The number of ether oxygens (including phenoxy) is 2. The lowest BCUT2D eigenvalue weighted by Gasteiger charge is -2.12. The number of aryl methyl sites for hydroxylation is 2. The summed E-state index contributed by atoms with van der Waals surface area (Å²) in [6, 6.07) is 17.2. The average molecular weight is 551 g/mol. The number of nitrogens with zero attached hydrogens (tertiary/aromatic N) is 1. The summed E-state index contributed by atoms with van der Waals surface area (Å²) in [5.41, 5.74) is 5.74. The van der Waals surface area contributed by atoms with Crippen molar-refractivity contribution in [2.45, 2.75) is 33.6 Å². The zero-order valence-electron chi connectivity index (χ0n) is 22.0. The van der Waals surface area contributed by atoms with Crippen LogP contribution in [-0.4, -0.2) is 37.1 Å². The first-order chi connectivity index (χ1) is 18.7. The summed E-state index contributed by atoms with van der Waals surface area (Å²) in [4.78, 5) is 36.8. The Kier molecular flexibility index (Phi) is 10.9. The molecule has 0 bridgehead atoms. The van der Waals surface area contributed by atoms with Crippen LogP contribution in [0.25, 0.3) is 0 Å². The van der Waals surface area contributed by atoms with Gasteiger partial charge in [0.25, 0.3) is 5.91 Å². The Hall–Kier alpha value is -4.37. The topological polar surface area (TPSA) is 118 Å². The van der Waals surface area contributed by atoms with E-state index in [0.29, 0.717) is 40.1 Å². The summed E-state index contributed by atoms with van der Waals surface area (Å²) >= 11 is 6.09. The highest BCUT2D eigenvalue weighted by atomic mass is 35.5. The van der Waals surface area contributed by atoms with Gasteiger partial charge in [-0.2, -0.15) is 5.10 Å². The maximum absolute atomic E-state index is 12.4. The van der Waals surface area contributed by atoms with E-state index in [4.69, 9.17) is 21.1 Å². The third-order valence-corrected chi connectivity index (χ3v) is 5.68. The molecule has 0 aliphatic rings. The second kappa shape index (κ2) is 14.5. The van der Waals surface area contributed by atoms with E-state index >= 15 is 0 Å². The molecular weight excluding hydrogens is 520 g/mol. The zero-order chi connectivity index (χ0) is 28.2. The molecule has 0 heterocycles. The van der Waals surface area contributed by atoms with Crippen LogP contribution in [0.3, 0.4) is 0 Å². The zero-order valence-corrected chi connectivity index (χ0v) is 22.8. The van der Waals surface area contributed by atoms with Gasteiger partial charge in [-0.3, -0.25) is 14.4 Å². The summed E-state index contributed by atoms with van der Waals surface area (Å²) in [6.45, 7) is 6.32. The van der Waals surface area contributed by atoms with Crippen molar-refractivity contribution in [1.29, 1.82) is 0 Å². The molecule has 10 heteroatoms. The lowest BCUT2D eigenvalue weighted by molar-refractivity contribution is -0.136. The molecule has 3 aromatic rings. The van der Waals surface area contributed by atoms with Crippen LogP contribution >= 0.6 is 11.6 Å². The standard InChI is InChI=1S/C29H31ClN4O5/c1-4-5-14-38-24-10-8-23(9-11-24)32-28(36)29(37)34-31-17-21-16-22(30)7-13-26(21)39-18-27(35)33-25-12-6-19(2)15-20(25)3/h6-13,15-17H,4-5,14,18H2,1-3H3,(H,32,36)(H,33,35)(H,34,37)/b31-17-. The second-order valence-corrected chi connectivity index (χ2v) is 9.15. The Bertz CT molecular complexity index is 1340. The van der Waals surface area contributed by atoms with Gasteiger partial charge >= 0.3 is 11.8 Å². The number of nitrogens with one attached hydrogen (secondary N) is 3. The van der Waals surface area contributed by atoms with Crippen LogP contribution < -0.4 is 25.5 Å². The average Bonchev–Trinajstić information content (AvgIpc) is 2.91. The molecule has 3 aromatic carbocycles. The van der Waals surface area contributed by atoms with Gasteiger partial charge in [0.15, 0.2) is 6.61 Å². The van der Waals surface area contributed by atoms with Crippen molar-refractivity contribution in [2.75, 3.05) is 23.8 Å². The largest absolute Gasteiger partial charge is 0.494 e. The number of hydrazone groups is 1. The molecule has 3 N–H and O–H groups in total. The van der Waals surface area contributed by atoms with Crippen LogP contribution in [0.1, 0.15) is 36.5 Å². The van der Waals surface area contributed by atoms with Crippen LogP contribution in [0.2, 0.25) is 5.02 Å². The monoisotopic (exact) mass is 550 g/mol. The smallest absolute Gasteiger partial charge is 0.329 e. The Morgan fingerprint density at radius 1 is 0.923 bits per heavy atom. The highest BCUT2D eigenvalue weighted by Gasteiger charge is 2.13. The van der Waals surface area contributed by atoms with Gasteiger partial charge in [0.05, 0.1) is 12.8 Å². The summed E-state index contributed by atoms with van der Waals surface area (Å²) < 4.78 is 11.2. The van der Waals surface area contributed by atoms with E-state index in [-0.39, 0.29) is 12.5 Å². The minimum atomic E-state index is -0.966. The van der Waals surface area contributed by atoms with Crippen LogP contribution in [0, 0.1) is 13.8 Å². The first-order valence-corrected chi connectivity index (χ1v) is 12.8. The molecule has 9 nitrogen and oxygen atoms in total. The predicted octanol–water partition coefficient (Wildman–Crippen LogP) is 5.24. The minimum absolute atomic E-state index is 0.257. The number of rotatable bonds is 11. The number of halogens is 1. The van der Waals surface area contributed by atoms with E-state index in [9.17, 15) is 14.4 Å². The molecule has 0 saturated heterocycles. The van der Waals surface area contributed by atoms with Crippen molar-refractivity contribution >= 4 is 46.9 Å². The van der Waals surface area contributed by atoms with Gasteiger partial charge in [-0.1, -0.05) is 42.6 Å². The van der Waals surface area contributed by atoms with E-state index in [2.05, 4.69) is 28.1 Å². The number of amides is 3. The van der Waals surface area contributed by atoms with E-state index < -0.39 is 11.8 Å². The Labute approximate surface area is 232 Å². The highest BCUT2D eigenvalue weighted by Crippen LogP contribution is 2.22. The Balaban J connectivity index is 1.53. The maximum Gasteiger partial charge on any atom is 0.329 e. The number of carbonyl (C=O) groups is 3. The molecule has 0 aliphatic heterocycles. The number of hydrogen-bond donors (Lipinski definition) is 3. The number of hydrogen-bond acceptors (Lipinski definition) is 6. The number of unbranched alkanes of at least 4 members (excludes halogenated alkanes) is 1. The van der Waals surface area contributed by atoms with Crippen molar-refractivity contribution in [1.82, 2.24) is 5.43 Å². The molecule has 0 spiro atoms. The Morgan fingerprint density at radius 3 is 2.41 bits per heavy atom. The number of anilines is 2. The van der Waals surface area contributed by atoms with Gasteiger partial charge < -0.3 is 20.1 Å². The summed E-state index contributed by atoms with van der Waals surface area (Å²) in [5.74, 6) is -1.20. The second-order valence-electron chi connectivity index (χ2n) is 8.72. The van der Waals surface area contributed by atoms with Crippen LogP contribution in [0.5, 0.6) is 11.5 Å². The number of benzene rings is 3. The number of carbonyl (C=O) groups excluding carboxylic acids is 3. The fourth-order valence-corrected chi connectivity index (χ4v) is 3.58. The quantitative estimate of drug-likeness (QED) is 0.130. The fraction of sp³-hybridized carbons (Fsp3) is 0.241. The molecule has 0 aromatic heterocycles. The fourth-order valence-electron chi connectivity index (χ4n) is 3.40. The first kappa shape index (κ1) is 29.2. The molecule has 0 atom stereocenters. The molecule has 0 radical (unpaired) electrons. The van der Waals surface area contributed by atoms with E-state index in [1.807, 2.05) is 32.0 Å². The maximum atomic E-state index is 12.4. The van der Waals surface area contributed by atoms with Gasteiger partial charge in [0.1, 0.15) is 11.5 Å².